The molecule has 2 N–H and O–H groups in total. The van der Waals surface area contributed by atoms with Gasteiger partial charge in [-0.15, -0.1) is 0 Å². The highest BCUT2D eigenvalue weighted by Gasteiger charge is 2.25. The standard InChI is InChI=1S/C30H40O8/c1-20(2)27(33)37-18-23(31)16-35-25-12-8-21(9-13-25)30(6,7)22-10-14-26(15-11-22)36-17-24(32)19-38-28(34)29(3,4)5/h8-15,23-24,31-32H,1,16-19H2,2-7H3. The highest BCUT2D eigenvalue weighted by molar-refractivity contribution is 5.86. The van der Waals surface area contributed by atoms with Crippen molar-refractivity contribution in [1.29, 1.82) is 0 Å². The van der Waals surface area contributed by atoms with Crippen molar-refractivity contribution in [3.8, 4) is 11.5 Å². The monoisotopic (exact) mass is 528 g/mol. The van der Waals surface area contributed by atoms with E-state index < -0.39 is 23.6 Å². The van der Waals surface area contributed by atoms with Crippen molar-refractivity contribution in [2.75, 3.05) is 26.4 Å². The van der Waals surface area contributed by atoms with Gasteiger partial charge in [0.05, 0.1) is 5.41 Å². The van der Waals surface area contributed by atoms with E-state index in [1.54, 1.807) is 27.7 Å². The number of hydrogen-bond donors (Lipinski definition) is 2. The van der Waals surface area contributed by atoms with Gasteiger partial charge in [0.15, 0.2) is 0 Å². The Morgan fingerprint density at radius 3 is 1.50 bits per heavy atom. The van der Waals surface area contributed by atoms with Crippen LogP contribution in [0.3, 0.4) is 0 Å². The molecule has 2 aromatic carbocycles. The van der Waals surface area contributed by atoms with E-state index in [1.807, 2.05) is 48.5 Å². The molecule has 8 nitrogen and oxygen atoms in total. The first-order chi connectivity index (χ1) is 17.7. The minimum Gasteiger partial charge on any atom is -0.491 e. The first-order valence-electron chi connectivity index (χ1n) is 12.5. The molecule has 0 bridgehead atoms. The maximum absolute atomic E-state index is 11.8. The van der Waals surface area contributed by atoms with Gasteiger partial charge in [-0.3, -0.25) is 4.79 Å². The molecule has 0 aromatic heterocycles. The summed E-state index contributed by atoms with van der Waals surface area (Å²) in [6.07, 6.45) is -1.87. The Morgan fingerprint density at radius 1 is 0.737 bits per heavy atom. The second-order valence-corrected chi connectivity index (χ2v) is 10.8. The SMILES string of the molecule is C=C(C)C(=O)OCC(O)COc1ccc(C(C)(C)c2ccc(OCC(O)COC(=O)C(C)(C)C)cc2)cc1. The highest BCUT2D eigenvalue weighted by atomic mass is 16.6. The van der Waals surface area contributed by atoms with Gasteiger partial charge in [0, 0.05) is 11.0 Å². The van der Waals surface area contributed by atoms with E-state index in [9.17, 15) is 19.8 Å². The largest absolute Gasteiger partial charge is 0.491 e. The molecule has 2 rings (SSSR count). The fourth-order valence-electron chi connectivity index (χ4n) is 3.27. The van der Waals surface area contributed by atoms with Crippen molar-refractivity contribution in [2.24, 2.45) is 5.41 Å². The summed E-state index contributed by atoms with van der Waals surface area (Å²) in [5, 5.41) is 20.0. The quantitative estimate of drug-likeness (QED) is 0.294. The Bertz CT molecular complexity index is 1060. The van der Waals surface area contributed by atoms with Crippen LogP contribution in [0.15, 0.2) is 60.7 Å². The van der Waals surface area contributed by atoms with E-state index in [1.165, 1.54) is 0 Å². The molecule has 0 amide bonds. The lowest BCUT2D eigenvalue weighted by atomic mass is 9.78. The third-order valence-electron chi connectivity index (χ3n) is 5.81. The first kappa shape index (κ1) is 30.9. The van der Waals surface area contributed by atoms with Crippen LogP contribution in [0.5, 0.6) is 11.5 Å². The van der Waals surface area contributed by atoms with E-state index >= 15 is 0 Å². The van der Waals surface area contributed by atoms with Crippen molar-refractivity contribution in [3.05, 3.63) is 71.8 Å². The Labute approximate surface area is 225 Å². The van der Waals surface area contributed by atoms with Gasteiger partial charge in [0.25, 0.3) is 0 Å². The molecule has 208 valence electrons. The molecule has 2 unspecified atom stereocenters. The van der Waals surface area contributed by atoms with Crippen LogP contribution < -0.4 is 9.47 Å². The van der Waals surface area contributed by atoms with Crippen LogP contribution in [0.2, 0.25) is 0 Å². The minimum atomic E-state index is -0.949. The van der Waals surface area contributed by atoms with Crippen molar-refractivity contribution in [3.63, 3.8) is 0 Å². The Kier molecular flexibility index (Phi) is 10.9. The lowest BCUT2D eigenvalue weighted by Gasteiger charge is -2.26. The van der Waals surface area contributed by atoms with Gasteiger partial charge >= 0.3 is 11.9 Å². The van der Waals surface area contributed by atoms with Crippen LogP contribution in [0.25, 0.3) is 0 Å². The topological polar surface area (TPSA) is 112 Å². The normalized spacial score (nSPS) is 13.3. The molecule has 2 aromatic rings. The number of ether oxygens (including phenoxy) is 4. The summed E-state index contributed by atoms with van der Waals surface area (Å²) in [5.74, 6) is 0.265. The van der Waals surface area contributed by atoms with Gasteiger partial charge in [0.2, 0.25) is 0 Å². The molecular formula is C30H40O8. The zero-order valence-corrected chi connectivity index (χ0v) is 23.2. The molecule has 0 aliphatic heterocycles. The predicted octanol–water partition coefficient (Wildman–Crippen LogP) is 4.20. The van der Waals surface area contributed by atoms with Crippen molar-refractivity contribution in [2.45, 2.75) is 59.2 Å². The molecule has 0 aliphatic carbocycles. The summed E-state index contributed by atoms with van der Waals surface area (Å²) in [7, 11) is 0. The smallest absolute Gasteiger partial charge is 0.333 e. The number of benzene rings is 2. The Morgan fingerprint density at radius 2 is 1.13 bits per heavy atom. The molecular weight excluding hydrogens is 488 g/mol. The zero-order chi connectivity index (χ0) is 28.5. The summed E-state index contributed by atoms with van der Waals surface area (Å²) in [6.45, 7) is 14.2. The average molecular weight is 529 g/mol. The molecule has 0 heterocycles. The van der Waals surface area contributed by atoms with Gasteiger partial charge in [-0.2, -0.15) is 0 Å². The summed E-state index contributed by atoms with van der Waals surface area (Å²) in [6, 6.07) is 15.2. The van der Waals surface area contributed by atoms with E-state index in [0.717, 1.165) is 11.1 Å². The first-order valence-corrected chi connectivity index (χ1v) is 12.5. The van der Waals surface area contributed by atoms with Gasteiger partial charge in [-0.05, 0) is 63.1 Å². The van der Waals surface area contributed by atoms with Crippen molar-refractivity contribution >= 4 is 11.9 Å². The number of aliphatic hydroxyl groups excluding tert-OH is 2. The van der Waals surface area contributed by atoms with Crippen LogP contribution >= 0.6 is 0 Å². The molecule has 0 fully saturated rings. The molecule has 38 heavy (non-hydrogen) atoms. The predicted molar refractivity (Wildman–Crippen MR) is 144 cm³/mol. The average Bonchev–Trinajstić information content (AvgIpc) is 2.87. The van der Waals surface area contributed by atoms with Crippen LogP contribution in [-0.2, 0) is 24.5 Å². The van der Waals surface area contributed by atoms with Crippen LogP contribution in [-0.4, -0.2) is 60.8 Å². The van der Waals surface area contributed by atoms with Gasteiger partial charge in [-0.25, -0.2) is 4.79 Å². The van der Waals surface area contributed by atoms with E-state index in [4.69, 9.17) is 18.9 Å². The lowest BCUT2D eigenvalue weighted by Crippen LogP contribution is -2.30. The molecule has 0 radical (unpaired) electrons. The summed E-state index contributed by atoms with van der Waals surface area (Å²) in [5.41, 5.74) is 1.46. The van der Waals surface area contributed by atoms with Crippen LogP contribution in [0.4, 0.5) is 0 Å². The summed E-state index contributed by atoms with van der Waals surface area (Å²) < 4.78 is 21.3. The zero-order valence-electron chi connectivity index (χ0n) is 23.2. The van der Waals surface area contributed by atoms with Gasteiger partial charge in [-0.1, -0.05) is 44.7 Å². The summed E-state index contributed by atoms with van der Waals surface area (Å²) in [4.78, 5) is 23.2. The number of rotatable bonds is 13. The fourth-order valence-corrected chi connectivity index (χ4v) is 3.27. The molecule has 0 aliphatic rings. The number of esters is 2. The summed E-state index contributed by atoms with van der Waals surface area (Å²) >= 11 is 0. The molecule has 0 saturated carbocycles. The third kappa shape index (κ3) is 9.50. The molecule has 8 heteroatoms. The van der Waals surface area contributed by atoms with E-state index in [-0.39, 0.29) is 43.4 Å². The number of aliphatic hydroxyl groups is 2. The van der Waals surface area contributed by atoms with Crippen LogP contribution in [0.1, 0.15) is 52.7 Å². The van der Waals surface area contributed by atoms with Gasteiger partial charge in [0.1, 0.15) is 50.1 Å². The molecule has 0 spiro atoms. The van der Waals surface area contributed by atoms with Crippen molar-refractivity contribution in [1.82, 2.24) is 0 Å². The number of carbonyl (C=O) groups excluding carboxylic acids is 2. The Hall–Kier alpha value is -3.36. The highest BCUT2D eigenvalue weighted by Crippen LogP contribution is 2.33. The van der Waals surface area contributed by atoms with Gasteiger partial charge < -0.3 is 29.2 Å². The number of hydrogen-bond acceptors (Lipinski definition) is 8. The van der Waals surface area contributed by atoms with Crippen molar-refractivity contribution < 1.29 is 38.7 Å². The lowest BCUT2D eigenvalue weighted by molar-refractivity contribution is -0.156. The minimum absolute atomic E-state index is 0.00660. The van der Waals surface area contributed by atoms with Crippen LogP contribution in [0, 0.1) is 5.41 Å². The number of carbonyl (C=O) groups is 2. The fraction of sp³-hybridized carbons (Fsp3) is 0.467. The molecule has 2 atom stereocenters. The van der Waals surface area contributed by atoms with E-state index in [2.05, 4.69) is 20.4 Å². The maximum Gasteiger partial charge on any atom is 0.333 e. The van der Waals surface area contributed by atoms with E-state index in [0.29, 0.717) is 11.5 Å². The second-order valence-electron chi connectivity index (χ2n) is 10.8. The second kappa shape index (κ2) is 13.4. The molecule has 0 saturated heterocycles. The Balaban J connectivity index is 1.87. The third-order valence-corrected chi connectivity index (χ3v) is 5.81. The maximum atomic E-state index is 11.8.